The van der Waals surface area contributed by atoms with Crippen LogP contribution in [0, 0.1) is 0 Å². The number of methoxy groups -OCH3 is 1. The van der Waals surface area contributed by atoms with Crippen molar-refractivity contribution < 1.29 is 14.6 Å². The minimum Gasteiger partial charge on any atom is -0.497 e. The summed E-state index contributed by atoms with van der Waals surface area (Å²) in [5, 5.41) is 11.9. The maximum atomic E-state index is 10.8. The van der Waals surface area contributed by atoms with E-state index in [0.29, 0.717) is 13.0 Å². The molecule has 2 N–H and O–H groups in total. The second-order valence-electron chi connectivity index (χ2n) is 3.61. The van der Waals surface area contributed by atoms with Crippen molar-refractivity contribution in [2.45, 2.75) is 19.0 Å². The molecule has 0 bridgehead atoms. The van der Waals surface area contributed by atoms with E-state index in [0.717, 1.165) is 16.9 Å². The highest BCUT2D eigenvalue weighted by molar-refractivity contribution is 5.85. The van der Waals surface area contributed by atoms with Crippen LogP contribution in [0.5, 0.6) is 5.75 Å². The number of nitrogens with one attached hydrogen (secondary N) is 1. The number of halogens is 1. The first-order valence-electron chi connectivity index (χ1n) is 4.82. The molecule has 1 aromatic rings. The minimum absolute atomic E-state index is 0. The van der Waals surface area contributed by atoms with Crippen molar-refractivity contribution in [1.82, 2.24) is 5.32 Å². The van der Waals surface area contributed by atoms with Crippen LogP contribution in [0.3, 0.4) is 0 Å². The number of carboxylic acid groups (broad SMARTS) is 1. The fraction of sp³-hybridized carbons (Fsp3) is 0.364. The van der Waals surface area contributed by atoms with Crippen LogP contribution in [-0.4, -0.2) is 24.2 Å². The smallest absolute Gasteiger partial charge is 0.321 e. The zero-order valence-electron chi connectivity index (χ0n) is 8.90. The van der Waals surface area contributed by atoms with Gasteiger partial charge in [0.1, 0.15) is 11.8 Å². The standard InChI is InChI=1S/C11H13NO3.ClH/c1-15-9-3-2-7-6-12-10(11(13)14)5-8(7)4-9;/h2-4,10,12H,5-6H2,1H3,(H,13,14);1H/t10-;/m1./s1. The van der Waals surface area contributed by atoms with Crippen LogP contribution in [0.1, 0.15) is 11.1 Å². The summed E-state index contributed by atoms with van der Waals surface area (Å²) >= 11 is 0. The molecule has 2 rings (SSSR count). The van der Waals surface area contributed by atoms with Gasteiger partial charge in [0.15, 0.2) is 0 Å². The highest BCUT2D eigenvalue weighted by Crippen LogP contribution is 2.22. The normalized spacial score (nSPS) is 18.2. The Bertz CT molecular complexity index is 395. The van der Waals surface area contributed by atoms with Gasteiger partial charge >= 0.3 is 5.97 Å². The van der Waals surface area contributed by atoms with E-state index >= 15 is 0 Å². The van der Waals surface area contributed by atoms with Gasteiger partial charge in [-0.2, -0.15) is 0 Å². The molecule has 0 saturated carbocycles. The number of benzene rings is 1. The first-order valence-corrected chi connectivity index (χ1v) is 4.82. The molecule has 1 heterocycles. The largest absolute Gasteiger partial charge is 0.497 e. The summed E-state index contributed by atoms with van der Waals surface area (Å²) in [7, 11) is 1.61. The van der Waals surface area contributed by atoms with E-state index in [4.69, 9.17) is 9.84 Å². The monoisotopic (exact) mass is 243 g/mol. The van der Waals surface area contributed by atoms with Crippen molar-refractivity contribution in [1.29, 1.82) is 0 Å². The third-order valence-electron chi connectivity index (χ3n) is 2.67. The van der Waals surface area contributed by atoms with Crippen LogP contribution in [0.15, 0.2) is 18.2 Å². The van der Waals surface area contributed by atoms with E-state index in [-0.39, 0.29) is 12.4 Å². The van der Waals surface area contributed by atoms with E-state index in [9.17, 15) is 4.79 Å². The van der Waals surface area contributed by atoms with Crippen LogP contribution in [0.25, 0.3) is 0 Å². The Hall–Kier alpha value is -1.26. The summed E-state index contributed by atoms with van der Waals surface area (Å²) in [5.74, 6) is -0.0248. The number of hydrogen-bond acceptors (Lipinski definition) is 3. The molecule has 16 heavy (non-hydrogen) atoms. The molecule has 0 spiro atoms. The molecule has 1 aliphatic rings. The second kappa shape index (κ2) is 5.18. The summed E-state index contributed by atoms with van der Waals surface area (Å²) in [6.45, 7) is 0.607. The number of aliphatic carboxylic acids is 1. The van der Waals surface area contributed by atoms with Gasteiger partial charge in [-0.05, 0) is 29.7 Å². The summed E-state index contributed by atoms with van der Waals surface area (Å²) in [6, 6.07) is 5.29. The molecule has 0 unspecified atom stereocenters. The molecule has 0 radical (unpaired) electrons. The molecule has 88 valence electrons. The van der Waals surface area contributed by atoms with Gasteiger partial charge in [-0.15, -0.1) is 12.4 Å². The Balaban J connectivity index is 0.00000128. The summed E-state index contributed by atoms with van der Waals surface area (Å²) < 4.78 is 5.11. The predicted octanol–water partition coefficient (Wildman–Crippen LogP) is 1.22. The molecule has 0 aromatic heterocycles. The lowest BCUT2D eigenvalue weighted by atomic mass is 9.96. The van der Waals surface area contributed by atoms with Crippen LogP contribution >= 0.6 is 12.4 Å². The number of rotatable bonds is 2. The van der Waals surface area contributed by atoms with Gasteiger partial charge < -0.3 is 15.2 Å². The van der Waals surface area contributed by atoms with E-state index < -0.39 is 12.0 Å². The lowest BCUT2D eigenvalue weighted by Crippen LogP contribution is -2.41. The van der Waals surface area contributed by atoms with E-state index in [2.05, 4.69) is 5.32 Å². The average Bonchev–Trinajstić information content (AvgIpc) is 2.27. The molecule has 1 aromatic carbocycles. The van der Waals surface area contributed by atoms with Gasteiger partial charge in [0, 0.05) is 6.54 Å². The van der Waals surface area contributed by atoms with Gasteiger partial charge in [0.2, 0.25) is 0 Å². The molecular formula is C11H14ClNO3. The Labute approximate surface area is 100 Å². The maximum absolute atomic E-state index is 10.8. The molecular weight excluding hydrogens is 230 g/mol. The SMILES string of the molecule is COc1ccc2c(c1)C[C@H](C(=O)O)NC2.Cl. The van der Waals surface area contributed by atoms with Gasteiger partial charge in [-0.3, -0.25) is 4.79 Å². The number of fused-ring (bicyclic) bond motifs is 1. The van der Waals surface area contributed by atoms with Crippen LogP contribution in [0.4, 0.5) is 0 Å². The molecule has 1 aliphatic heterocycles. The minimum atomic E-state index is -0.802. The molecule has 1 atom stereocenters. The topological polar surface area (TPSA) is 58.6 Å². The molecule has 0 saturated heterocycles. The summed E-state index contributed by atoms with van der Waals surface area (Å²) in [5.41, 5.74) is 2.20. The molecule has 5 heteroatoms. The van der Waals surface area contributed by atoms with Crippen molar-refractivity contribution in [3.8, 4) is 5.75 Å². The van der Waals surface area contributed by atoms with Crippen molar-refractivity contribution in [3.05, 3.63) is 29.3 Å². The Morgan fingerprint density at radius 3 is 2.88 bits per heavy atom. The van der Waals surface area contributed by atoms with E-state index in [1.807, 2.05) is 18.2 Å². The van der Waals surface area contributed by atoms with Crippen molar-refractivity contribution in [2.75, 3.05) is 7.11 Å². The zero-order valence-corrected chi connectivity index (χ0v) is 9.71. The maximum Gasteiger partial charge on any atom is 0.321 e. The number of ether oxygens (including phenoxy) is 1. The van der Waals surface area contributed by atoms with Crippen molar-refractivity contribution in [2.24, 2.45) is 0 Å². The van der Waals surface area contributed by atoms with E-state index in [1.54, 1.807) is 7.11 Å². The van der Waals surface area contributed by atoms with Crippen molar-refractivity contribution >= 4 is 18.4 Å². The summed E-state index contributed by atoms with van der Waals surface area (Å²) in [6.07, 6.45) is 0.516. The fourth-order valence-electron chi connectivity index (χ4n) is 1.79. The Kier molecular flexibility index (Phi) is 4.15. The fourth-order valence-corrected chi connectivity index (χ4v) is 1.79. The second-order valence-corrected chi connectivity index (χ2v) is 3.61. The lowest BCUT2D eigenvalue weighted by Gasteiger charge is -2.23. The third kappa shape index (κ3) is 2.46. The number of hydrogen-bond donors (Lipinski definition) is 2. The Morgan fingerprint density at radius 2 is 2.25 bits per heavy atom. The van der Waals surface area contributed by atoms with Gasteiger partial charge in [0.05, 0.1) is 7.11 Å². The van der Waals surface area contributed by atoms with Crippen LogP contribution < -0.4 is 10.1 Å². The average molecular weight is 244 g/mol. The quantitative estimate of drug-likeness (QED) is 0.820. The van der Waals surface area contributed by atoms with Gasteiger partial charge in [-0.25, -0.2) is 0 Å². The first-order chi connectivity index (χ1) is 7.20. The van der Waals surface area contributed by atoms with Crippen LogP contribution in [-0.2, 0) is 17.8 Å². The third-order valence-corrected chi connectivity index (χ3v) is 2.67. The predicted molar refractivity (Wildman–Crippen MR) is 62.2 cm³/mol. The summed E-state index contributed by atoms with van der Waals surface area (Å²) in [4.78, 5) is 10.8. The molecule has 4 nitrogen and oxygen atoms in total. The highest BCUT2D eigenvalue weighted by atomic mass is 35.5. The van der Waals surface area contributed by atoms with Crippen molar-refractivity contribution in [3.63, 3.8) is 0 Å². The van der Waals surface area contributed by atoms with Gasteiger partial charge in [0.25, 0.3) is 0 Å². The Morgan fingerprint density at radius 1 is 1.50 bits per heavy atom. The highest BCUT2D eigenvalue weighted by Gasteiger charge is 2.23. The van der Waals surface area contributed by atoms with Crippen LogP contribution in [0.2, 0.25) is 0 Å². The molecule has 0 amide bonds. The van der Waals surface area contributed by atoms with Gasteiger partial charge in [-0.1, -0.05) is 6.07 Å². The molecule has 0 fully saturated rings. The molecule has 0 aliphatic carbocycles. The zero-order chi connectivity index (χ0) is 10.8. The number of carboxylic acids is 1. The lowest BCUT2D eigenvalue weighted by molar-refractivity contribution is -0.139. The number of carbonyl (C=O) groups is 1. The first kappa shape index (κ1) is 12.8. The van der Waals surface area contributed by atoms with E-state index in [1.165, 1.54) is 0 Å².